The molecule has 0 radical (unpaired) electrons. The van der Waals surface area contributed by atoms with E-state index < -0.39 is 0 Å². The summed E-state index contributed by atoms with van der Waals surface area (Å²) in [7, 11) is 0. The third-order valence-electron chi connectivity index (χ3n) is 13.0. The summed E-state index contributed by atoms with van der Waals surface area (Å²) in [5.74, 6) is 0.587. The summed E-state index contributed by atoms with van der Waals surface area (Å²) in [6, 6.07) is 66.9. The predicted octanol–water partition coefficient (Wildman–Crippen LogP) is 13.7. The summed E-state index contributed by atoms with van der Waals surface area (Å²) in [6.07, 6.45) is 0. The Balaban J connectivity index is 1.28. The molecule has 0 unspecified atom stereocenters. The molecule has 6 heteroatoms. The predicted molar refractivity (Wildman–Crippen MR) is 251 cm³/mol. The standard InChI is InChI=1S/C55H30N6/c56-31-32-24-26-34(27-25-32)51-42-29-28-33-12-4-5-15-36(33)52(42)58-55(57-51)60-45-23-11-18-38-40-20-10-19-39-37-16-6-8-21-43(37)61(53(39)40)54-49-41-17-7-9-22-44(41)59(35-13-2-1-3-14-35)46(49)30-47(60)50(54)48(38)45/h1-30H. The average Bonchev–Trinajstić information content (AvgIpc) is 3.93. The smallest absolute Gasteiger partial charge is 0.235 e. The summed E-state index contributed by atoms with van der Waals surface area (Å²) in [5.41, 5.74) is 12.2. The van der Waals surface area contributed by atoms with Crippen LogP contribution in [0.1, 0.15) is 5.56 Å². The van der Waals surface area contributed by atoms with Crippen LogP contribution >= 0.6 is 0 Å². The highest BCUT2D eigenvalue weighted by Crippen LogP contribution is 2.48. The molecule has 61 heavy (non-hydrogen) atoms. The fraction of sp³-hybridized carbons (Fsp3) is 0. The highest BCUT2D eigenvalue weighted by molar-refractivity contribution is 6.37. The van der Waals surface area contributed by atoms with Crippen molar-refractivity contribution in [1.29, 1.82) is 5.26 Å². The van der Waals surface area contributed by atoms with Gasteiger partial charge >= 0.3 is 0 Å². The van der Waals surface area contributed by atoms with E-state index in [1.807, 2.05) is 24.3 Å². The number of fused-ring (bicyclic) bond motifs is 12. The Bertz CT molecular complexity index is 4220. The second-order valence-corrected chi connectivity index (χ2v) is 16.0. The summed E-state index contributed by atoms with van der Waals surface area (Å²) in [6.45, 7) is 0. The Morgan fingerprint density at radius 2 is 1.07 bits per heavy atom. The molecule has 14 rings (SSSR count). The minimum absolute atomic E-state index is 0.587. The molecule has 0 atom stereocenters. The van der Waals surface area contributed by atoms with Gasteiger partial charge in [-0.2, -0.15) is 5.26 Å². The second-order valence-electron chi connectivity index (χ2n) is 16.0. The lowest BCUT2D eigenvalue weighted by Crippen LogP contribution is -2.04. The Labute approximate surface area is 347 Å². The largest absolute Gasteiger partial charge is 0.309 e. The SMILES string of the molecule is N#Cc1ccc(-c2nc(-n3c4cccc5c6cccc7c8ccccc8n(c67)c6c7c8ccccc8n(-c8ccccc8)c7cc3c6c54)nc3c2ccc2ccccc23)cc1. The first kappa shape index (κ1) is 32.4. The van der Waals surface area contributed by atoms with Gasteiger partial charge < -0.3 is 8.97 Å². The van der Waals surface area contributed by atoms with Crippen LogP contribution in [0, 0.1) is 11.3 Å². The zero-order valence-electron chi connectivity index (χ0n) is 32.5. The summed E-state index contributed by atoms with van der Waals surface area (Å²) >= 11 is 0. The molecule has 0 N–H and O–H groups in total. The van der Waals surface area contributed by atoms with Gasteiger partial charge in [-0.15, -0.1) is 0 Å². The summed E-state index contributed by atoms with van der Waals surface area (Å²) < 4.78 is 7.27. The molecule has 6 nitrogen and oxygen atoms in total. The number of aromatic nitrogens is 5. The Kier molecular flexibility index (Phi) is 6.27. The van der Waals surface area contributed by atoms with Gasteiger partial charge in [0.25, 0.3) is 0 Å². The van der Waals surface area contributed by atoms with Gasteiger partial charge in [-0.25, -0.2) is 9.97 Å². The van der Waals surface area contributed by atoms with E-state index >= 15 is 0 Å². The molecule has 0 spiro atoms. The monoisotopic (exact) mass is 774 g/mol. The first-order chi connectivity index (χ1) is 30.2. The summed E-state index contributed by atoms with van der Waals surface area (Å²) in [5, 5.41) is 22.4. The maximum Gasteiger partial charge on any atom is 0.235 e. The second kappa shape index (κ2) is 11.8. The van der Waals surface area contributed by atoms with Crippen LogP contribution < -0.4 is 0 Å². The Morgan fingerprint density at radius 3 is 1.90 bits per heavy atom. The van der Waals surface area contributed by atoms with Crippen molar-refractivity contribution in [3.63, 3.8) is 0 Å². The Morgan fingerprint density at radius 1 is 0.410 bits per heavy atom. The topological polar surface area (TPSA) is 63.8 Å². The minimum atomic E-state index is 0.587. The van der Waals surface area contributed by atoms with Crippen LogP contribution in [0.2, 0.25) is 0 Å². The number of para-hydroxylation sites is 4. The molecule has 0 aliphatic carbocycles. The zero-order valence-corrected chi connectivity index (χ0v) is 32.5. The van der Waals surface area contributed by atoms with E-state index in [1.165, 1.54) is 48.7 Å². The number of nitriles is 1. The van der Waals surface area contributed by atoms with Gasteiger partial charge in [-0.1, -0.05) is 127 Å². The van der Waals surface area contributed by atoms with Crippen LogP contribution in [0.5, 0.6) is 0 Å². The van der Waals surface area contributed by atoms with Gasteiger partial charge in [0.05, 0.1) is 61.5 Å². The third kappa shape index (κ3) is 4.19. The van der Waals surface area contributed by atoms with E-state index in [2.05, 4.69) is 177 Å². The van der Waals surface area contributed by atoms with Crippen molar-refractivity contribution in [2.45, 2.75) is 0 Å². The van der Waals surface area contributed by atoms with Crippen LogP contribution in [-0.4, -0.2) is 23.5 Å². The van der Waals surface area contributed by atoms with Crippen LogP contribution in [0.25, 0.3) is 126 Å². The van der Waals surface area contributed by atoms with E-state index in [0.29, 0.717) is 11.5 Å². The van der Waals surface area contributed by atoms with Crippen LogP contribution in [0.3, 0.4) is 0 Å². The van der Waals surface area contributed by atoms with Gasteiger partial charge in [0.2, 0.25) is 5.95 Å². The van der Waals surface area contributed by atoms with Crippen molar-refractivity contribution in [2.75, 3.05) is 0 Å². The van der Waals surface area contributed by atoms with E-state index in [4.69, 9.17) is 9.97 Å². The quantitative estimate of drug-likeness (QED) is 0.168. The molecule has 0 fully saturated rings. The lowest BCUT2D eigenvalue weighted by atomic mass is 10.0. The van der Waals surface area contributed by atoms with E-state index in [9.17, 15) is 5.26 Å². The first-order valence-electron chi connectivity index (χ1n) is 20.6. The lowest BCUT2D eigenvalue weighted by molar-refractivity contribution is 1.02. The molecule has 9 aromatic carbocycles. The molecule has 0 aliphatic rings. The van der Waals surface area contributed by atoms with Gasteiger partial charge in [0.15, 0.2) is 0 Å². The zero-order chi connectivity index (χ0) is 39.9. The fourth-order valence-corrected chi connectivity index (χ4v) is 10.5. The molecule has 280 valence electrons. The number of rotatable bonds is 3. The number of hydrogen-bond acceptors (Lipinski definition) is 3. The molecule has 0 amide bonds. The molecule has 0 bridgehead atoms. The highest BCUT2D eigenvalue weighted by atomic mass is 15.2. The summed E-state index contributed by atoms with van der Waals surface area (Å²) in [4.78, 5) is 11.1. The van der Waals surface area contributed by atoms with E-state index in [0.717, 1.165) is 71.6 Å². The third-order valence-corrected chi connectivity index (χ3v) is 13.0. The van der Waals surface area contributed by atoms with Crippen molar-refractivity contribution < 1.29 is 0 Å². The lowest BCUT2D eigenvalue weighted by Gasteiger charge is -2.14. The highest BCUT2D eigenvalue weighted by Gasteiger charge is 2.28. The number of nitrogens with zero attached hydrogens (tertiary/aromatic N) is 6. The van der Waals surface area contributed by atoms with Crippen molar-refractivity contribution >= 4 is 103 Å². The molecule has 5 aromatic heterocycles. The molecular formula is C55H30N6. The molecule has 0 saturated heterocycles. The minimum Gasteiger partial charge on any atom is -0.309 e. The number of benzene rings is 9. The van der Waals surface area contributed by atoms with Crippen LogP contribution in [-0.2, 0) is 0 Å². The molecule has 5 heterocycles. The van der Waals surface area contributed by atoms with Gasteiger partial charge in [0.1, 0.15) is 0 Å². The normalized spacial score (nSPS) is 12.2. The molecule has 0 saturated carbocycles. The van der Waals surface area contributed by atoms with Crippen LogP contribution in [0.15, 0.2) is 182 Å². The van der Waals surface area contributed by atoms with Gasteiger partial charge in [0, 0.05) is 59.7 Å². The molecule has 0 aliphatic heterocycles. The van der Waals surface area contributed by atoms with Gasteiger partial charge in [-0.3, -0.25) is 4.57 Å². The van der Waals surface area contributed by atoms with E-state index in [1.54, 1.807) is 0 Å². The molecular weight excluding hydrogens is 745 g/mol. The van der Waals surface area contributed by atoms with Crippen molar-refractivity contribution in [1.82, 2.24) is 23.5 Å². The first-order valence-corrected chi connectivity index (χ1v) is 20.6. The number of hydrogen-bond donors (Lipinski definition) is 0. The van der Waals surface area contributed by atoms with Crippen molar-refractivity contribution in [2.24, 2.45) is 0 Å². The van der Waals surface area contributed by atoms with Crippen molar-refractivity contribution in [3.8, 4) is 29.0 Å². The van der Waals surface area contributed by atoms with Crippen molar-refractivity contribution in [3.05, 3.63) is 188 Å². The maximum atomic E-state index is 9.71. The average molecular weight is 775 g/mol. The fourth-order valence-electron chi connectivity index (χ4n) is 10.5. The maximum absolute atomic E-state index is 9.71. The molecule has 14 aromatic rings. The van der Waals surface area contributed by atoms with E-state index in [-0.39, 0.29) is 0 Å². The van der Waals surface area contributed by atoms with Crippen LogP contribution in [0.4, 0.5) is 0 Å². The van der Waals surface area contributed by atoms with Gasteiger partial charge in [-0.05, 0) is 65.4 Å². The Hall–Kier alpha value is -8.53.